The van der Waals surface area contributed by atoms with E-state index >= 15 is 0 Å². The van der Waals surface area contributed by atoms with Crippen molar-refractivity contribution >= 4 is 29.1 Å². The van der Waals surface area contributed by atoms with Crippen LogP contribution in [0.5, 0.6) is 0 Å². The molecule has 1 heterocycles. The van der Waals surface area contributed by atoms with Gasteiger partial charge >= 0.3 is 0 Å². The van der Waals surface area contributed by atoms with Gasteiger partial charge in [-0.1, -0.05) is 29.8 Å². The number of aryl methyl sites for hydroxylation is 3. The number of amides is 2. The number of likely N-dealkylation sites (N-methyl/N-ethyl adjacent to an activating group) is 1. The maximum absolute atomic E-state index is 13.2. The first kappa shape index (κ1) is 21.5. The fraction of sp³-hybridized carbons (Fsp3) is 0.227. The van der Waals surface area contributed by atoms with Gasteiger partial charge in [-0.05, 0) is 56.2 Å². The number of nitrogens with zero attached hydrogens (tertiary/aromatic N) is 3. The van der Waals surface area contributed by atoms with Gasteiger partial charge in [0.15, 0.2) is 0 Å². The van der Waals surface area contributed by atoms with Crippen LogP contribution in [0.1, 0.15) is 27.2 Å². The van der Waals surface area contributed by atoms with E-state index in [4.69, 9.17) is 11.6 Å². The van der Waals surface area contributed by atoms with Gasteiger partial charge in [0.1, 0.15) is 11.0 Å². The normalized spacial score (nSPS) is 10.7. The highest BCUT2D eigenvalue weighted by atomic mass is 35.5. The van der Waals surface area contributed by atoms with Crippen molar-refractivity contribution < 1.29 is 14.0 Å². The maximum atomic E-state index is 13.2. The maximum Gasteiger partial charge on any atom is 0.259 e. The smallest absolute Gasteiger partial charge is 0.259 e. The van der Waals surface area contributed by atoms with Crippen molar-refractivity contribution in [3.05, 3.63) is 75.8 Å². The number of hydrogen-bond donors (Lipinski definition) is 1. The Kier molecular flexibility index (Phi) is 6.22. The van der Waals surface area contributed by atoms with Crippen LogP contribution in [0.2, 0.25) is 5.15 Å². The first-order chi connectivity index (χ1) is 14.2. The number of para-hydroxylation sites is 1. The molecule has 3 rings (SSSR count). The van der Waals surface area contributed by atoms with Crippen molar-refractivity contribution in [2.24, 2.45) is 0 Å². The topological polar surface area (TPSA) is 67.2 Å². The van der Waals surface area contributed by atoms with Gasteiger partial charge in [-0.3, -0.25) is 9.59 Å². The Morgan fingerprint density at radius 2 is 1.70 bits per heavy atom. The molecule has 0 saturated heterocycles. The van der Waals surface area contributed by atoms with E-state index in [1.54, 1.807) is 6.92 Å². The van der Waals surface area contributed by atoms with Gasteiger partial charge in [-0.2, -0.15) is 5.10 Å². The molecule has 2 aromatic carbocycles. The molecule has 0 bridgehead atoms. The summed E-state index contributed by atoms with van der Waals surface area (Å²) in [6, 6.07) is 11.3. The third kappa shape index (κ3) is 4.36. The van der Waals surface area contributed by atoms with Crippen LogP contribution < -0.4 is 5.32 Å². The lowest BCUT2D eigenvalue weighted by molar-refractivity contribution is -0.116. The minimum Gasteiger partial charge on any atom is -0.332 e. The van der Waals surface area contributed by atoms with Crippen molar-refractivity contribution in [2.45, 2.75) is 20.8 Å². The number of carbonyl (C=O) groups excluding carboxylic acids is 2. The first-order valence-corrected chi connectivity index (χ1v) is 9.69. The molecule has 3 aromatic rings. The minimum absolute atomic E-state index is 0.103. The first-order valence-electron chi connectivity index (χ1n) is 9.31. The summed E-state index contributed by atoms with van der Waals surface area (Å²) in [4.78, 5) is 26.7. The van der Waals surface area contributed by atoms with Gasteiger partial charge in [0, 0.05) is 12.7 Å². The molecule has 0 aliphatic carbocycles. The van der Waals surface area contributed by atoms with E-state index in [9.17, 15) is 14.0 Å². The standard InChI is InChI=1S/C22H22ClFN4O2/c1-13-6-5-7-14(2)20(13)25-18(29)12-27(4)22(30)19-15(3)26-28(21(19)23)17-10-8-16(24)9-11-17/h5-11H,12H2,1-4H3,(H,25,29). The summed E-state index contributed by atoms with van der Waals surface area (Å²) in [7, 11) is 1.53. The zero-order valence-corrected chi connectivity index (χ0v) is 17.9. The second-order valence-electron chi connectivity index (χ2n) is 7.12. The van der Waals surface area contributed by atoms with Crippen molar-refractivity contribution in [3.8, 4) is 5.69 Å². The highest BCUT2D eigenvalue weighted by Crippen LogP contribution is 2.25. The summed E-state index contributed by atoms with van der Waals surface area (Å²) >= 11 is 6.41. The van der Waals surface area contributed by atoms with Crippen LogP contribution in [0.3, 0.4) is 0 Å². The number of carbonyl (C=O) groups is 2. The molecule has 0 atom stereocenters. The number of rotatable bonds is 5. The summed E-state index contributed by atoms with van der Waals surface area (Å²) in [6.07, 6.45) is 0. The van der Waals surface area contributed by atoms with Crippen LogP contribution in [0.25, 0.3) is 5.69 Å². The predicted octanol–water partition coefficient (Wildman–Crippen LogP) is 4.30. The Bertz CT molecular complexity index is 1090. The molecule has 0 unspecified atom stereocenters. The van der Waals surface area contributed by atoms with Gasteiger partial charge in [-0.15, -0.1) is 0 Å². The van der Waals surface area contributed by atoms with E-state index in [0.29, 0.717) is 11.4 Å². The average molecular weight is 429 g/mol. The lowest BCUT2D eigenvalue weighted by atomic mass is 10.1. The molecular weight excluding hydrogens is 407 g/mol. The van der Waals surface area contributed by atoms with Crippen molar-refractivity contribution in [1.29, 1.82) is 0 Å². The third-order valence-electron chi connectivity index (χ3n) is 4.76. The number of aromatic nitrogens is 2. The Morgan fingerprint density at radius 3 is 2.30 bits per heavy atom. The van der Waals surface area contributed by atoms with E-state index in [0.717, 1.165) is 16.8 Å². The lowest BCUT2D eigenvalue weighted by Gasteiger charge is -2.18. The SMILES string of the molecule is Cc1cccc(C)c1NC(=O)CN(C)C(=O)c1c(C)nn(-c2ccc(F)cc2)c1Cl. The van der Waals surface area contributed by atoms with E-state index in [2.05, 4.69) is 10.4 Å². The minimum atomic E-state index is -0.428. The lowest BCUT2D eigenvalue weighted by Crippen LogP contribution is -2.35. The molecule has 8 heteroatoms. The molecule has 2 amide bonds. The average Bonchev–Trinajstić information content (AvgIpc) is 2.99. The largest absolute Gasteiger partial charge is 0.332 e. The van der Waals surface area contributed by atoms with Crippen LogP contribution in [-0.4, -0.2) is 40.1 Å². The second kappa shape index (κ2) is 8.67. The van der Waals surface area contributed by atoms with Gasteiger partial charge in [0.05, 0.1) is 23.5 Å². The summed E-state index contributed by atoms with van der Waals surface area (Å²) in [5.74, 6) is -1.13. The molecule has 0 fully saturated rings. The summed E-state index contributed by atoms with van der Waals surface area (Å²) in [6.45, 7) is 5.32. The highest BCUT2D eigenvalue weighted by molar-refractivity contribution is 6.33. The summed E-state index contributed by atoms with van der Waals surface area (Å²) in [5, 5.41) is 7.26. The molecule has 0 aliphatic heterocycles. The molecular formula is C22H22ClFN4O2. The Balaban J connectivity index is 1.78. The van der Waals surface area contributed by atoms with Gasteiger partial charge in [0.2, 0.25) is 5.91 Å². The number of hydrogen-bond acceptors (Lipinski definition) is 3. The third-order valence-corrected chi connectivity index (χ3v) is 5.11. The molecule has 1 N–H and O–H groups in total. The number of halogens is 2. The van der Waals surface area contributed by atoms with Gasteiger partial charge in [-0.25, -0.2) is 9.07 Å². The van der Waals surface area contributed by atoms with E-state index in [1.807, 2.05) is 32.0 Å². The van der Waals surface area contributed by atoms with Crippen LogP contribution in [0.15, 0.2) is 42.5 Å². The Morgan fingerprint density at radius 1 is 1.10 bits per heavy atom. The van der Waals surface area contributed by atoms with Crippen LogP contribution in [0.4, 0.5) is 10.1 Å². The molecule has 156 valence electrons. The van der Waals surface area contributed by atoms with Gasteiger partial charge in [0.25, 0.3) is 5.91 Å². The van der Waals surface area contributed by atoms with E-state index in [1.165, 1.54) is 40.9 Å². The molecule has 0 spiro atoms. The summed E-state index contributed by atoms with van der Waals surface area (Å²) < 4.78 is 14.6. The molecule has 0 radical (unpaired) electrons. The summed E-state index contributed by atoms with van der Waals surface area (Å²) in [5.41, 5.74) is 3.76. The number of benzene rings is 2. The van der Waals surface area contributed by atoms with E-state index in [-0.39, 0.29) is 29.0 Å². The fourth-order valence-electron chi connectivity index (χ4n) is 3.16. The predicted molar refractivity (Wildman–Crippen MR) is 115 cm³/mol. The zero-order valence-electron chi connectivity index (χ0n) is 17.2. The quantitative estimate of drug-likeness (QED) is 0.658. The van der Waals surface area contributed by atoms with Crippen molar-refractivity contribution in [3.63, 3.8) is 0 Å². The van der Waals surface area contributed by atoms with Crippen molar-refractivity contribution in [2.75, 3.05) is 18.9 Å². The fourth-order valence-corrected chi connectivity index (χ4v) is 3.52. The molecule has 1 aromatic heterocycles. The monoisotopic (exact) mass is 428 g/mol. The van der Waals surface area contributed by atoms with E-state index < -0.39 is 5.91 Å². The molecule has 6 nitrogen and oxygen atoms in total. The second-order valence-corrected chi connectivity index (χ2v) is 7.47. The molecule has 30 heavy (non-hydrogen) atoms. The van der Waals surface area contributed by atoms with Crippen LogP contribution in [0, 0.1) is 26.6 Å². The van der Waals surface area contributed by atoms with Crippen LogP contribution in [-0.2, 0) is 4.79 Å². The zero-order chi connectivity index (χ0) is 22.0. The number of nitrogens with one attached hydrogen (secondary N) is 1. The number of anilines is 1. The van der Waals surface area contributed by atoms with Gasteiger partial charge < -0.3 is 10.2 Å². The van der Waals surface area contributed by atoms with Crippen LogP contribution >= 0.6 is 11.6 Å². The Labute approximate surface area is 179 Å². The molecule has 0 aliphatic rings. The highest BCUT2D eigenvalue weighted by Gasteiger charge is 2.25. The molecule has 0 saturated carbocycles. The van der Waals surface area contributed by atoms with Crippen molar-refractivity contribution in [1.82, 2.24) is 14.7 Å². The Hall–Kier alpha value is -3.19.